The number of fused-ring (bicyclic) bond motifs is 1. The molecule has 0 fully saturated rings. The van der Waals surface area contributed by atoms with Crippen LogP contribution in [0, 0.1) is 11.3 Å². The van der Waals surface area contributed by atoms with Crippen molar-refractivity contribution in [2.45, 2.75) is 32.9 Å². The van der Waals surface area contributed by atoms with E-state index in [1.54, 1.807) is 0 Å². The number of hydrogen-bond donors (Lipinski definition) is 1. The zero-order chi connectivity index (χ0) is 10.1. The predicted octanol–water partition coefficient (Wildman–Crippen LogP) is 0.981. The van der Waals surface area contributed by atoms with E-state index < -0.39 is 0 Å². The summed E-state index contributed by atoms with van der Waals surface area (Å²) in [4.78, 5) is 0. The van der Waals surface area contributed by atoms with Crippen molar-refractivity contribution >= 4 is 0 Å². The first kappa shape index (κ1) is 9.22. The molecule has 74 valence electrons. The Kier molecular flexibility index (Phi) is 2.26. The maximum absolute atomic E-state index is 8.94. The van der Waals surface area contributed by atoms with E-state index >= 15 is 0 Å². The van der Waals surface area contributed by atoms with Gasteiger partial charge in [0.2, 0.25) is 0 Å². The fraction of sp³-hybridized carbons (Fsp3) is 0.600. The minimum Gasteiger partial charge on any atom is -0.312 e. The first-order valence-corrected chi connectivity index (χ1v) is 4.95. The zero-order valence-electron chi connectivity index (χ0n) is 8.54. The molecule has 0 radical (unpaired) electrons. The Morgan fingerprint density at radius 2 is 2.36 bits per heavy atom. The lowest BCUT2D eigenvalue weighted by molar-refractivity contribution is 0.493. The lowest BCUT2D eigenvalue weighted by atomic mass is 10.1. The molecule has 0 saturated carbocycles. The third-order valence-corrected chi connectivity index (χ3v) is 2.55. The Morgan fingerprint density at radius 1 is 1.57 bits per heavy atom. The van der Waals surface area contributed by atoms with Gasteiger partial charge in [0.1, 0.15) is 6.07 Å². The minimum absolute atomic E-state index is 0.337. The van der Waals surface area contributed by atoms with Gasteiger partial charge in [0.25, 0.3) is 0 Å². The monoisotopic (exact) mass is 190 g/mol. The molecular weight excluding hydrogens is 176 g/mol. The molecule has 2 heterocycles. The molecule has 2 rings (SSSR count). The van der Waals surface area contributed by atoms with Crippen molar-refractivity contribution in [1.29, 1.82) is 5.26 Å². The molecule has 14 heavy (non-hydrogen) atoms. The Labute approximate surface area is 83.5 Å². The Morgan fingerprint density at radius 3 is 3.00 bits per heavy atom. The van der Waals surface area contributed by atoms with Crippen molar-refractivity contribution in [3.63, 3.8) is 0 Å². The molecule has 0 spiro atoms. The van der Waals surface area contributed by atoms with Gasteiger partial charge < -0.3 is 5.32 Å². The van der Waals surface area contributed by atoms with Crippen LogP contribution in [-0.2, 0) is 13.0 Å². The number of aromatic nitrogens is 2. The van der Waals surface area contributed by atoms with Crippen LogP contribution in [-0.4, -0.2) is 16.3 Å². The van der Waals surface area contributed by atoms with Gasteiger partial charge in [-0.05, 0) is 13.8 Å². The fourth-order valence-electron chi connectivity index (χ4n) is 1.89. The molecule has 1 aliphatic heterocycles. The summed E-state index contributed by atoms with van der Waals surface area (Å²) in [6.45, 7) is 5.95. The van der Waals surface area contributed by atoms with Crippen LogP contribution in [0.15, 0.2) is 0 Å². The molecule has 0 saturated heterocycles. The first-order valence-electron chi connectivity index (χ1n) is 4.95. The number of hydrogen-bond acceptors (Lipinski definition) is 3. The predicted molar refractivity (Wildman–Crippen MR) is 52.7 cm³/mol. The number of rotatable bonds is 1. The lowest BCUT2D eigenvalue weighted by Gasteiger charge is -2.16. The molecule has 0 bridgehead atoms. The van der Waals surface area contributed by atoms with Gasteiger partial charge in [0.15, 0.2) is 5.69 Å². The van der Waals surface area contributed by atoms with Crippen LogP contribution in [0.3, 0.4) is 0 Å². The molecule has 0 aromatic carbocycles. The molecule has 0 unspecified atom stereocenters. The van der Waals surface area contributed by atoms with E-state index in [4.69, 9.17) is 5.26 Å². The molecule has 0 aliphatic carbocycles. The summed E-state index contributed by atoms with van der Waals surface area (Å²) in [5.74, 6) is 0. The van der Waals surface area contributed by atoms with Gasteiger partial charge in [-0.1, -0.05) is 0 Å². The number of nitrogens with zero attached hydrogens (tertiary/aromatic N) is 3. The average molecular weight is 190 g/mol. The third-order valence-electron chi connectivity index (χ3n) is 2.55. The highest BCUT2D eigenvalue weighted by Crippen LogP contribution is 2.20. The van der Waals surface area contributed by atoms with Gasteiger partial charge in [-0.2, -0.15) is 10.4 Å². The standard InChI is InChI=1S/C10H14N4/c1-7(2)14-10-3-4-12-6-8(10)9(5-11)13-14/h7,12H,3-4,6H2,1-2H3. The van der Waals surface area contributed by atoms with Gasteiger partial charge in [-0.25, -0.2) is 0 Å². The van der Waals surface area contributed by atoms with Crippen LogP contribution in [0.2, 0.25) is 0 Å². The topological polar surface area (TPSA) is 53.6 Å². The van der Waals surface area contributed by atoms with Crippen molar-refractivity contribution < 1.29 is 0 Å². The Balaban J connectivity index is 2.53. The third kappa shape index (κ3) is 1.30. The van der Waals surface area contributed by atoms with E-state index in [1.807, 2.05) is 4.68 Å². The van der Waals surface area contributed by atoms with E-state index in [2.05, 4.69) is 30.3 Å². The van der Waals surface area contributed by atoms with Crippen LogP contribution in [0.1, 0.15) is 36.8 Å². The van der Waals surface area contributed by atoms with Gasteiger partial charge >= 0.3 is 0 Å². The van der Waals surface area contributed by atoms with Crippen molar-refractivity contribution in [1.82, 2.24) is 15.1 Å². The second kappa shape index (κ2) is 3.43. The van der Waals surface area contributed by atoms with Gasteiger partial charge in [-0.3, -0.25) is 4.68 Å². The van der Waals surface area contributed by atoms with E-state index in [1.165, 1.54) is 5.69 Å². The summed E-state index contributed by atoms with van der Waals surface area (Å²) >= 11 is 0. The van der Waals surface area contributed by atoms with Crippen molar-refractivity contribution in [3.05, 3.63) is 17.0 Å². The number of nitrogens with one attached hydrogen (secondary N) is 1. The molecule has 0 amide bonds. The molecule has 1 N–H and O–H groups in total. The quantitative estimate of drug-likeness (QED) is 0.718. The molecule has 1 aromatic rings. The maximum atomic E-state index is 8.94. The summed E-state index contributed by atoms with van der Waals surface area (Å²) in [5, 5.41) is 16.5. The van der Waals surface area contributed by atoms with Crippen LogP contribution < -0.4 is 5.32 Å². The van der Waals surface area contributed by atoms with Crippen molar-refractivity contribution in [2.75, 3.05) is 6.54 Å². The normalized spacial score (nSPS) is 15.3. The maximum Gasteiger partial charge on any atom is 0.167 e. The van der Waals surface area contributed by atoms with Gasteiger partial charge in [-0.15, -0.1) is 0 Å². The molecular formula is C10H14N4. The molecule has 0 atom stereocenters. The smallest absolute Gasteiger partial charge is 0.167 e. The highest BCUT2D eigenvalue weighted by molar-refractivity contribution is 5.36. The van der Waals surface area contributed by atoms with Crippen LogP contribution in [0.5, 0.6) is 0 Å². The van der Waals surface area contributed by atoms with E-state index in [-0.39, 0.29) is 0 Å². The molecule has 1 aliphatic rings. The second-order valence-corrected chi connectivity index (χ2v) is 3.85. The fourth-order valence-corrected chi connectivity index (χ4v) is 1.89. The van der Waals surface area contributed by atoms with Crippen LogP contribution in [0.4, 0.5) is 0 Å². The van der Waals surface area contributed by atoms with E-state index in [0.29, 0.717) is 11.7 Å². The highest BCUT2D eigenvalue weighted by atomic mass is 15.3. The summed E-state index contributed by atoms with van der Waals surface area (Å²) in [5.41, 5.74) is 2.91. The summed E-state index contributed by atoms with van der Waals surface area (Å²) in [6, 6.07) is 2.50. The lowest BCUT2D eigenvalue weighted by Crippen LogP contribution is -2.25. The average Bonchev–Trinajstić information content (AvgIpc) is 2.56. The van der Waals surface area contributed by atoms with Gasteiger partial charge in [0, 0.05) is 36.8 Å². The Hall–Kier alpha value is -1.34. The molecule has 4 heteroatoms. The molecule has 1 aromatic heterocycles. The summed E-state index contributed by atoms with van der Waals surface area (Å²) in [7, 11) is 0. The highest BCUT2D eigenvalue weighted by Gasteiger charge is 2.21. The second-order valence-electron chi connectivity index (χ2n) is 3.85. The van der Waals surface area contributed by atoms with Gasteiger partial charge in [0.05, 0.1) is 0 Å². The van der Waals surface area contributed by atoms with Crippen LogP contribution >= 0.6 is 0 Å². The SMILES string of the molecule is CC(C)n1nc(C#N)c2c1CCNC2. The minimum atomic E-state index is 0.337. The number of nitriles is 1. The Bertz CT molecular complexity index is 384. The first-order chi connectivity index (χ1) is 6.74. The summed E-state index contributed by atoms with van der Waals surface area (Å²) in [6.07, 6.45) is 0.974. The largest absolute Gasteiger partial charge is 0.312 e. The molecule has 4 nitrogen and oxygen atoms in total. The van der Waals surface area contributed by atoms with Crippen molar-refractivity contribution in [3.8, 4) is 6.07 Å². The van der Waals surface area contributed by atoms with Crippen molar-refractivity contribution in [2.24, 2.45) is 0 Å². The zero-order valence-corrected chi connectivity index (χ0v) is 8.54. The summed E-state index contributed by atoms with van der Waals surface area (Å²) < 4.78 is 1.98. The van der Waals surface area contributed by atoms with E-state index in [9.17, 15) is 0 Å². The van der Waals surface area contributed by atoms with Crippen LogP contribution in [0.25, 0.3) is 0 Å². The van der Waals surface area contributed by atoms with E-state index in [0.717, 1.165) is 25.1 Å².